The third-order valence-electron chi connectivity index (χ3n) is 2.96. The van der Waals surface area contributed by atoms with E-state index in [0.717, 1.165) is 27.0 Å². The lowest BCUT2D eigenvalue weighted by molar-refractivity contribution is -0.115. The minimum absolute atomic E-state index is 0.0513. The van der Waals surface area contributed by atoms with Crippen LogP contribution in [0, 0.1) is 6.92 Å². The van der Waals surface area contributed by atoms with Gasteiger partial charge in [-0.3, -0.25) is 4.79 Å². The first-order valence-corrected chi connectivity index (χ1v) is 7.07. The van der Waals surface area contributed by atoms with E-state index in [9.17, 15) is 4.79 Å². The molecule has 104 valence electrons. The summed E-state index contributed by atoms with van der Waals surface area (Å²) in [5, 5.41) is 2.91. The van der Waals surface area contributed by atoms with E-state index in [2.05, 4.69) is 21.2 Å². The fraction of sp³-hybridized carbons (Fsp3) is 0.188. The van der Waals surface area contributed by atoms with Crippen molar-refractivity contribution in [3.63, 3.8) is 0 Å². The molecule has 2 aromatic rings. The highest BCUT2D eigenvalue weighted by atomic mass is 79.9. The number of halogens is 1. The van der Waals surface area contributed by atoms with Gasteiger partial charge in [-0.1, -0.05) is 24.3 Å². The molecule has 0 aromatic heterocycles. The van der Waals surface area contributed by atoms with Crippen molar-refractivity contribution in [3.05, 3.63) is 58.1 Å². The van der Waals surface area contributed by atoms with Gasteiger partial charge in [-0.05, 0) is 52.2 Å². The van der Waals surface area contributed by atoms with Crippen LogP contribution in [0.5, 0.6) is 5.75 Å². The van der Waals surface area contributed by atoms with Crippen LogP contribution in [0.1, 0.15) is 11.1 Å². The maximum Gasteiger partial charge on any atom is 0.228 e. The molecule has 0 fully saturated rings. The first-order valence-electron chi connectivity index (χ1n) is 6.28. The Morgan fingerprint density at radius 2 is 2.00 bits per heavy atom. The highest BCUT2D eigenvalue weighted by Gasteiger charge is 2.08. The zero-order valence-electron chi connectivity index (χ0n) is 11.4. The molecule has 0 spiro atoms. The van der Waals surface area contributed by atoms with Crippen molar-refractivity contribution in [2.45, 2.75) is 13.3 Å². The number of carbonyl (C=O) groups excluding carboxylic acids is 1. The van der Waals surface area contributed by atoms with E-state index in [4.69, 9.17) is 4.74 Å². The maximum absolute atomic E-state index is 12.1. The first kappa shape index (κ1) is 14.6. The van der Waals surface area contributed by atoms with Gasteiger partial charge in [0.1, 0.15) is 5.75 Å². The fourth-order valence-electron chi connectivity index (χ4n) is 1.91. The second-order valence-electron chi connectivity index (χ2n) is 4.51. The molecule has 0 heterocycles. The molecule has 0 atom stereocenters. The highest BCUT2D eigenvalue weighted by molar-refractivity contribution is 9.10. The van der Waals surface area contributed by atoms with Gasteiger partial charge in [0.05, 0.1) is 19.2 Å². The normalized spacial score (nSPS) is 10.2. The van der Waals surface area contributed by atoms with Gasteiger partial charge in [0.2, 0.25) is 5.91 Å². The van der Waals surface area contributed by atoms with Crippen molar-refractivity contribution >= 4 is 27.5 Å². The third-order valence-corrected chi connectivity index (χ3v) is 4.02. The summed E-state index contributed by atoms with van der Waals surface area (Å²) in [4.78, 5) is 12.1. The standard InChI is InChI=1S/C16H16BrNO2/c1-11-5-3-8-14(16(11)17)18-15(19)10-12-6-4-7-13(9-12)20-2/h3-9H,10H2,1-2H3,(H,18,19). The van der Waals surface area contributed by atoms with E-state index in [-0.39, 0.29) is 5.91 Å². The van der Waals surface area contributed by atoms with Crippen molar-refractivity contribution < 1.29 is 9.53 Å². The summed E-state index contributed by atoms with van der Waals surface area (Å²) in [6.07, 6.45) is 0.317. The Balaban J connectivity index is 2.07. The Morgan fingerprint density at radius 3 is 2.75 bits per heavy atom. The molecule has 1 N–H and O–H groups in total. The molecule has 0 aliphatic heterocycles. The summed E-state index contributed by atoms with van der Waals surface area (Å²) in [5.41, 5.74) is 2.80. The van der Waals surface area contributed by atoms with Crippen molar-refractivity contribution in [2.75, 3.05) is 12.4 Å². The van der Waals surface area contributed by atoms with E-state index in [1.165, 1.54) is 0 Å². The number of hydrogen-bond donors (Lipinski definition) is 1. The molecule has 0 bridgehead atoms. The van der Waals surface area contributed by atoms with Crippen LogP contribution in [-0.4, -0.2) is 13.0 Å². The maximum atomic E-state index is 12.1. The predicted molar refractivity (Wildman–Crippen MR) is 84.2 cm³/mol. The largest absolute Gasteiger partial charge is 0.497 e. The number of methoxy groups -OCH3 is 1. The molecule has 0 aliphatic carbocycles. The Bertz CT molecular complexity index is 626. The van der Waals surface area contributed by atoms with Crippen LogP contribution in [0.25, 0.3) is 0 Å². The zero-order valence-corrected chi connectivity index (χ0v) is 13.0. The van der Waals surface area contributed by atoms with Crippen LogP contribution >= 0.6 is 15.9 Å². The summed E-state index contributed by atoms with van der Waals surface area (Å²) in [7, 11) is 1.61. The van der Waals surface area contributed by atoms with Gasteiger partial charge >= 0.3 is 0 Å². The number of aryl methyl sites for hydroxylation is 1. The Labute approximate surface area is 127 Å². The molecule has 20 heavy (non-hydrogen) atoms. The van der Waals surface area contributed by atoms with Gasteiger partial charge in [-0.2, -0.15) is 0 Å². The lowest BCUT2D eigenvalue weighted by Crippen LogP contribution is -2.14. The molecule has 0 aliphatic rings. The van der Waals surface area contributed by atoms with Gasteiger partial charge in [0.15, 0.2) is 0 Å². The van der Waals surface area contributed by atoms with E-state index in [1.54, 1.807) is 7.11 Å². The topological polar surface area (TPSA) is 38.3 Å². The molecule has 2 rings (SSSR count). The number of rotatable bonds is 4. The van der Waals surface area contributed by atoms with Crippen LogP contribution in [-0.2, 0) is 11.2 Å². The van der Waals surface area contributed by atoms with Crippen LogP contribution in [0.4, 0.5) is 5.69 Å². The van der Waals surface area contributed by atoms with Crippen molar-refractivity contribution in [1.82, 2.24) is 0 Å². The number of hydrogen-bond acceptors (Lipinski definition) is 2. The summed E-state index contributed by atoms with van der Waals surface area (Å²) >= 11 is 3.48. The van der Waals surface area contributed by atoms with Gasteiger partial charge in [-0.15, -0.1) is 0 Å². The summed E-state index contributed by atoms with van der Waals surface area (Å²) < 4.78 is 6.07. The third kappa shape index (κ3) is 3.61. The SMILES string of the molecule is COc1cccc(CC(=O)Nc2cccc(C)c2Br)c1. The molecule has 4 heteroatoms. The quantitative estimate of drug-likeness (QED) is 0.919. The van der Waals surface area contributed by atoms with Gasteiger partial charge < -0.3 is 10.1 Å². The number of amides is 1. The molecular formula is C16H16BrNO2. The molecule has 0 saturated heterocycles. The van der Waals surface area contributed by atoms with Crippen molar-refractivity contribution in [3.8, 4) is 5.75 Å². The summed E-state index contributed by atoms with van der Waals surface area (Å²) in [6, 6.07) is 13.3. The van der Waals surface area contributed by atoms with Gasteiger partial charge in [0, 0.05) is 4.47 Å². The molecule has 1 amide bonds. The summed E-state index contributed by atoms with van der Waals surface area (Å²) in [5.74, 6) is 0.705. The van der Waals surface area contributed by atoms with Crippen LogP contribution in [0.2, 0.25) is 0 Å². The van der Waals surface area contributed by atoms with Crippen LogP contribution < -0.4 is 10.1 Å². The average Bonchev–Trinajstić information content (AvgIpc) is 2.44. The lowest BCUT2D eigenvalue weighted by atomic mass is 10.1. The molecule has 3 nitrogen and oxygen atoms in total. The van der Waals surface area contributed by atoms with Crippen molar-refractivity contribution in [1.29, 1.82) is 0 Å². The van der Waals surface area contributed by atoms with E-state index < -0.39 is 0 Å². The molecule has 0 unspecified atom stereocenters. The van der Waals surface area contributed by atoms with Gasteiger partial charge in [-0.25, -0.2) is 0 Å². The minimum Gasteiger partial charge on any atom is -0.497 e. The molecular weight excluding hydrogens is 318 g/mol. The van der Waals surface area contributed by atoms with E-state index >= 15 is 0 Å². The fourth-order valence-corrected chi connectivity index (χ4v) is 2.27. The Morgan fingerprint density at radius 1 is 1.25 bits per heavy atom. The predicted octanol–water partition coefficient (Wildman–Crippen LogP) is 3.95. The van der Waals surface area contributed by atoms with Crippen LogP contribution in [0.3, 0.4) is 0 Å². The van der Waals surface area contributed by atoms with Crippen LogP contribution in [0.15, 0.2) is 46.9 Å². The van der Waals surface area contributed by atoms with Crippen molar-refractivity contribution in [2.24, 2.45) is 0 Å². The van der Waals surface area contributed by atoms with E-state index in [0.29, 0.717) is 6.42 Å². The molecule has 0 radical (unpaired) electrons. The lowest BCUT2D eigenvalue weighted by Gasteiger charge is -2.09. The number of carbonyl (C=O) groups is 1. The molecule has 2 aromatic carbocycles. The second-order valence-corrected chi connectivity index (χ2v) is 5.31. The minimum atomic E-state index is -0.0513. The molecule has 0 saturated carbocycles. The zero-order chi connectivity index (χ0) is 14.5. The Hall–Kier alpha value is -1.81. The first-order chi connectivity index (χ1) is 9.60. The Kier molecular flexibility index (Phi) is 4.79. The number of ether oxygens (including phenoxy) is 1. The highest BCUT2D eigenvalue weighted by Crippen LogP contribution is 2.25. The smallest absolute Gasteiger partial charge is 0.228 e. The number of nitrogens with one attached hydrogen (secondary N) is 1. The number of anilines is 1. The summed E-state index contributed by atoms with van der Waals surface area (Å²) in [6.45, 7) is 1.99. The average molecular weight is 334 g/mol. The monoisotopic (exact) mass is 333 g/mol. The van der Waals surface area contributed by atoms with Gasteiger partial charge in [0.25, 0.3) is 0 Å². The number of benzene rings is 2. The van der Waals surface area contributed by atoms with E-state index in [1.807, 2.05) is 49.4 Å². The second kappa shape index (κ2) is 6.57.